The number of hydrogen-bond donors (Lipinski definition) is 3. The lowest BCUT2D eigenvalue weighted by molar-refractivity contribution is 0.175. The first-order valence-corrected chi connectivity index (χ1v) is 12.3. The summed E-state index contributed by atoms with van der Waals surface area (Å²) in [7, 11) is 1.61. The van der Waals surface area contributed by atoms with Gasteiger partial charge in [-0.05, 0) is 59.9 Å². The molecule has 182 valence electrons. The number of anilines is 1. The van der Waals surface area contributed by atoms with Crippen molar-refractivity contribution in [1.29, 1.82) is 0 Å². The van der Waals surface area contributed by atoms with Gasteiger partial charge in [0.2, 0.25) is 0 Å². The van der Waals surface area contributed by atoms with E-state index in [2.05, 4.69) is 10.6 Å². The molecular weight excluding hydrogens is 487 g/mol. The largest absolute Gasteiger partial charge is 0.497 e. The minimum absolute atomic E-state index is 0.0396. The maximum absolute atomic E-state index is 13.2. The van der Waals surface area contributed by atoms with Crippen LogP contribution in [0.2, 0.25) is 10.0 Å². The highest BCUT2D eigenvalue weighted by atomic mass is 35.5. The SMILES string of the molecule is COc1ccc2c(c1)OCC(Cc1ccc(Cl)c(Cl)c1)C2NC(=O)Nc1cccc2c1CC(O)C2. The summed E-state index contributed by atoms with van der Waals surface area (Å²) >= 11 is 12.3. The first-order valence-electron chi connectivity index (χ1n) is 11.5. The highest BCUT2D eigenvalue weighted by Crippen LogP contribution is 2.39. The first kappa shape index (κ1) is 23.8. The number of carbonyl (C=O) groups excluding carboxylic acids is 1. The Hall–Kier alpha value is -2.93. The van der Waals surface area contributed by atoms with Gasteiger partial charge in [0, 0.05) is 29.7 Å². The van der Waals surface area contributed by atoms with Crippen molar-refractivity contribution in [2.24, 2.45) is 5.92 Å². The monoisotopic (exact) mass is 512 g/mol. The van der Waals surface area contributed by atoms with E-state index in [9.17, 15) is 9.90 Å². The predicted molar refractivity (Wildman–Crippen MR) is 137 cm³/mol. The Kier molecular flexibility index (Phi) is 6.78. The van der Waals surface area contributed by atoms with Crippen LogP contribution in [0, 0.1) is 5.92 Å². The summed E-state index contributed by atoms with van der Waals surface area (Å²) < 4.78 is 11.4. The average Bonchev–Trinajstić information content (AvgIpc) is 3.23. The summed E-state index contributed by atoms with van der Waals surface area (Å²) in [6.07, 6.45) is 1.36. The zero-order chi connectivity index (χ0) is 24.5. The van der Waals surface area contributed by atoms with Crippen LogP contribution in [0.4, 0.5) is 10.5 Å². The van der Waals surface area contributed by atoms with E-state index < -0.39 is 6.10 Å². The number of rotatable bonds is 5. The van der Waals surface area contributed by atoms with Crippen molar-refractivity contribution in [2.75, 3.05) is 19.0 Å². The van der Waals surface area contributed by atoms with Crippen LogP contribution in [0.5, 0.6) is 11.5 Å². The summed E-state index contributed by atoms with van der Waals surface area (Å²) in [5, 5.41) is 17.2. The summed E-state index contributed by atoms with van der Waals surface area (Å²) in [6, 6.07) is 16.3. The van der Waals surface area contributed by atoms with Crippen LogP contribution in [-0.2, 0) is 19.3 Å². The molecular formula is C27H26Cl2N2O4. The van der Waals surface area contributed by atoms with Gasteiger partial charge in [-0.15, -0.1) is 0 Å². The Morgan fingerprint density at radius 2 is 1.97 bits per heavy atom. The van der Waals surface area contributed by atoms with Gasteiger partial charge >= 0.3 is 6.03 Å². The van der Waals surface area contributed by atoms with E-state index in [1.807, 2.05) is 48.5 Å². The number of carbonyl (C=O) groups is 1. The lowest BCUT2D eigenvalue weighted by Crippen LogP contribution is -2.41. The molecule has 1 aliphatic carbocycles. The lowest BCUT2D eigenvalue weighted by atomic mass is 9.86. The predicted octanol–water partition coefficient (Wildman–Crippen LogP) is 5.58. The average molecular weight is 513 g/mol. The standard InChI is InChI=1S/C27H26Cl2N2O4/c1-34-19-6-7-20-25(13-19)35-14-17(9-15-5-8-22(28)23(29)10-15)26(20)31-27(33)30-24-4-2-3-16-11-18(32)12-21(16)24/h2-8,10,13,17-18,26,32H,9,11-12,14H2,1H3,(H2,30,31,33). The molecule has 2 amide bonds. The van der Waals surface area contributed by atoms with Gasteiger partial charge in [-0.3, -0.25) is 0 Å². The zero-order valence-corrected chi connectivity index (χ0v) is 20.7. The molecule has 6 nitrogen and oxygen atoms in total. The number of amides is 2. The molecule has 1 heterocycles. The third-order valence-electron chi connectivity index (χ3n) is 6.67. The third kappa shape index (κ3) is 5.06. The number of ether oxygens (including phenoxy) is 2. The molecule has 3 aromatic rings. The number of hydrogen-bond acceptors (Lipinski definition) is 4. The van der Waals surface area contributed by atoms with Gasteiger partial charge in [-0.2, -0.15) is 0 Å². The fourth-order valence-corrected chi connectivity index (χ4v) is 5.28. The van der Waals surface area contributed by atoms with Crippen molar-refractivity contribution in [3.63, 3.8) is 0 Å². The molecule has 0 radical (unpaired) electrons. The zero-order valence-electron chi connectivity index (χ0n) is 19.2. The summed E-state index contributed by atoms with van der Waals surface area (Å²) in [4.78, 5) is 13.2. The van der Waals surface area contributed by atoms with Gasteiger partial charge in [0.1, 0.15) is 11.5 Å². The quantitative estimate of drug-likeness (QED) is 0.417. The molecule has 0 saturated carbocycles. The molecule has 2 aliphatic rings. The van der Waals surface area contributed by atoms with Crippen molar-refractivity contribution in [1.82, 2.24) is 5.32 Å². The van der Waals surface area contributed by atoms with Crippen molar-refractivity contribution in [2.45, 2.75) is 31.4 Å². The highest BCUT2D eigenvalue weighted by Gasteiger charge is 2.33. The molecule has 0 aromatic heterocycles. The number of urea groups is 1. The molecule has 0 spiro atoms. The number of halogens is 2. The molecule has 35 heavy (non-hydrogen) atoms. The fraction of sp³-hybridized carbons (Fsp3) is 0.296. The van der Waals surface area contributed by atoms with E-state index in [1.165, 1.54) is 0 Å². The number of benzene rings is 3. The van der Waals surface area contributed by atoms with Crippen molar-refractivity contribution >= 4 is 34.9 Å². The van der Waals surface area contributed by atoms with Gasteiger partial charge in [0.25, 0.3) is 0 Å². The maximum atomic E-state index is 13.2. The molecule has 5 rings (SSSR count). The lowest BCUT2D eigenvalue weighted by Gasteiger charge is -2.34. The van der Waals surface area contributed by atoms with Crippen LogP contribution in [0.3, 0.4) is 0 Å². The van der Waals surface area contributed by atoms with Gasteiger partial charge in [0.15, 0.2) is 0 Å². The van der Waals surface area contributed by atoms with E-state index in [0.717, 1.165) is 27.9 Å². The second kappa shape index (κ2) is 9.97. The number of fused-ring (bicyclic) bond motifs is 2. The maximum Gasteiger partial charge on any atom is 0.319 e. The number of aliphatic hydroxyl groups is 1. The Morgan fingerprint density at radius 1 is 1.11 bits per heavy atom. The van der Waals surface area contributed by atoms with Crippen LogP contribution >= 0.6 is 23.2 Å². The van der Waals surface area contributed by atoms with Crippen LogP contribution in [0.1, 0.15) is 28.3 Å². The molecule has 3 atom stereocenters. The number of methoxy groups -OCH3 is 1. The van der Waals surface area contributed by atoms with Gasteiger partial charge in [-0.1, -0.05) is 41.4 Å². The van der Waals surface area contributed by atoms with E-state index in [-0.39, 0.29) is 18.0 Å². The van der Waals surface area contributed by atoms with Crippen molar-refractivity contribution in [3.8, 4) is 11.5 Å². The second-order valence-electron chi connectivity index (χ2n) is 9.01. The Labute approximate surface area is 214 Å². The van der Waals surface area contributed by atoms with Crippen molar-refractivity contribution < 1.29 is 19.4 Å². The molecule has 3 unspecified atom stereocenters. The Balaban J connectivity index is 1.40. The van der Waals surface area contributed by atoms with Crippen molar-refractivity contribution in [3.05, 3.63) is 86.9 Å². The van der Waals surface area contributed by atoms with Crippen LogP contribution in [-0.4, -0.2) is 31.0 Å². The second-order valence-corrected chi connectivity index (χ2v) is 9.82. The summed E-state index contributed by atoms with van der Waals surface area (Å²) in [5.41, 5.74) is 4.66. The minimum Gasteiger partial charge on any atom is -0.497 e. The topological polar surface area (TPSA) is 79.8 Å². The van der Waals surface area contributed by atoms with Gasteiger partial charge in [0.05, 0.1) is 35.9 Å². The highest BCUT2D eigenvalue weighted by molar-refractivity contribution is 6.42. The van der Waals surface area contributed by atoms with Gasteiger partial charge in [-0.25, -0.2) is 4.79 Å². The van der Waals surface area contributed by atoms with E-state index in [0.29, 0.717) is 47.4 Å². The normalized spacial score (nSPS) is 20.4. The molecule has 8 heteroatoms. The molecule has 3 aromatic carbocycles. The number of aliphatic hydroxyl groups excluding tert-OH is 1. The molecule has 0 bridgehead atoms. The molecule has 3 N–H and O–H groups in total. The molecule has 0 fully saturated rings. The van der Waals surface area contributed by atoms with E-state index in [1.54, 1.807) is 13.2 Å². The number of nitrogens with one attached hydrogen (secondary N) is 2. The van der Waals surface area contributed by atoms with E-state index >= 15 is 0 Å². The van der Waals surface area contributed by atoms with Gasteiger partial charge < -0.3 is 25.2 Å². The summed E-state index contributed by atoms with van der Waals surface area (Å²) in [6.45, 7) is 0.415. The summed E-state index contributed by atoms with van der Waals surface area (Å²) in [5.74, 6) is 1.33. The van der Waals surface area contributed by atoms with Crippen LogP contribution in [0.25, 0.3) is 0 Å². The Morgan fingerprint density at radius 3 is 2.77 bits per heavy atom. The molecule has 1 aliphatic heterocycles. The molecule has 0 saturated heterocycles. The van der Waals surface area contributed by atoms with E-state index in [4.69, 9.17) is 32.7 Å². The first-order chi connectivity index (χ1) is 16.9. The fourth-order valence-electron chi connectivity index (χ4n) is 4.96. The smallest absolute Gasteiger partial charge is 0.319 e. The third-order valence-corrected chi connectivity index (χ3v) is 7.40. The Bertz CT molecular complexity index is 1270. The minimum atomic E-state index is -0.413. The van der Waals surface area contributed by atoms with Crippen LogP contribution < -0.4 is 20.1 Å². The van der Waals surface area contributed by atoms with Crippen LogP contribution in [0.15, 0.2) is 54.6 Å².